The highest BCUT2D eigenvalue weighted by Gasteiger charge is 2.11. The summed E-state index contributed by atoms with van der Waals surface area (Å²) < 4.78 is 5.56. The van der Waals surface area contributed by atoms with Gasteiger partial charge in [-0.2, -0.15) is 5.10 Å². The van der Waals surface area contributed by atoms with E-state index in [0.717, 1.165) is 6.42 Å². The Kier molecular flexibility index (Phi) is 6.44. The molecule has 2 aromatic carbocycles. The predicted molar refractivity (Wildman–Crippen MR) is 93.8 cm³/mol. The summed E-state index contributed by atoms with van der Waals surface area (Å²) in [6.07, 6.45) is 2.27. The number of para-hydroxylation sites is 1. The summed E-state index contributed by atoms with van der Waals surface area (Å²) in [4.78, 5) is 12.2. The number of carbonyl (C=O) groups is 1. The minimum absolute atomic E-state index is 0.365. The summed E-state index contributed by atoms with van der Waals surface area (Å²) in [6.45, 7) is 2.54. The van der Waals surface area contributed by atoms with Gasteiger partial charge in [-0.25, -0.2) is 5.43 Å². The molecule has 0 bridgehead atoms. The molecule has 0 fully saturated rings. The molecule has 0 aliphatic rings. The minimum atomic E-state index is -0.365. The number of amides is 1. The van der Waals surface area contributed by atoms with Gasteiger partial charge in [-0.15, -0.1) is 0 Å². The summed E-state index contributed by atoms with van der Waals surface area (Å²) in [5.41, 5.74) is 3.42. The second-order valence-corrected chi connectivity index (χ2v) is 5.49. The molecule has 0 saturated carbocycles. The van der Waals surface area contributed by atoms with Crippen LogP contribution in [0, 0.1) is 0 Å². The molecule has 1 N–H and O–H groups in total. The van der Waals surface area contributed by atoms with Crippen molar-refractivity contribution in [3.63, 3.8) is 0 Å². The summed E-state index contributed by atoms with van der Waals surface area (Å²) >= 11 is 12.1. The number of halogens is 2. The van der Waals surface area contributed by atoms with E-state index in [0.29, 0.717) is 33.5 Å². The highest BCUT2D eigenvalue weighted by atomic mass is 35.5. The van der Waals surface area contributed by atoms with Crippen LogP contribution in [0.2, 0.25) is 10.0 Å². The maximum atomic E-state index is 12.2. The molecule has 2 rings (SSSR count). The zero-order valence-electron chi connectivity index (χ0n) is 12.6. The van der Waals surface area contributed by atoms with Crippen molar-refractivity contribution in [1.82, 2.24) is 5.43 Å². The molecular weight excluding hydrogens is 335 g/mol. The summed E-state index contributed by atoms with van der Waals surface area (Å²) in [5, 5.41) is 4.83. The molecule has 0 radical (unpaired) electrons. The molecule has 0 aliphatic heterocycles. The standard InChI is InChI=1S/C17H16Cl2N2O2/c1-2-10-23-16-9-4-3-6-12(16)17(22)21-20-11-13-14(18)7-5-8-15(13)19/h3-9,11H,2,10H2,1H3,(H,21,22)/b20-11+. The zero-order chi connectivity index (χ0) is 16.7. The Hall–Kier alpha value is -2.04. The predicted octanol–water partition coefficient (Wildman–Crippen LogP) is 4.55. The van der Waals surface area contributed by atoms with Crippen molar-refractivity contribution in [2.24, 2.45) is 5.10 Å². The number of rotatable bonds is 6. The summed E-state index contributed by atoms with van der Waals surface area (Å²) in [6, 6.07) is 12.1. The number of ether oxygens (including phenoxy) is 1. The van der Waals surface area contributed by atoms with Crippen LogP contribution in [0.3, 0.4) is 0 Å². The summed E-state index contributed by atoms with van der Waals surface area (Å²) in [5.74, 6) is 0.161. The fourth-order valence-corrected chi connectivity index (χ4v) is 2.34. The second-order valence-electron chi connectivity index (χ2n) is 4.68. The van der Waals surface area contributed by atoms with Gasteiger partial charge < -0.3 is 4.74 Å². The van der Waals surface area contributed by atoms with Gasteiger partial charge in [-0.3, -0.25) is 4.79 Å². The molecule has 120 valence electrons. The number of hydrogen-bond acceptors (Lipinski definition) is 3. The largest absolute Gasteiger partial charge is 0.493 e. The van der Waals surface area contributed by atoms with Crippen LogP contribution < -0.4 is 10.2 Å². The van der Waals surface area contributed by atoms with E-state index < -0.39 is 0 Å². The lowest BCUT2D eigenvalue weighted by molar-refractivity contribution is 0.0951. The number of benzene rings is 2. The number of nitrogens with one attached hydrogen (secondary N) is 1. The number of carbonyl (C=O) groups excluding carboxylic acids is 1. The quantitative estimate of drug-likeness (QED) is 0.613. The molecule has 0 aromatic heterocycles. The Balaban J connectivity index is 2.09. The topological polar surface area (TPSA) is 50.7 Å². The lowest BCUT2D eigenvalue weighted by Crippen LogP contribution is -2.18. The molecule has 4 nitrogen and oxygen atoms in total. The Morgan fingerprint density at radius 3 is 2.57 bits per heavy atom. The average molecular weight is 351 g/mol. The van der Waals surface area contributed by atoms with E-state index in [4.69, 9.17) is 27.9 Å². The highest BCUT2D eigenvalue weighted by molar-refractivity contribution is 6.38. The molecule has 0 aliphatic carbocycles. The molecular formula is C17H16Cl2N2O2. The van der Waals surface area contributed by atoms with Gasteiger partial charge in [0.15, 0.2) is 0 Å². The average Bonchev–Trinajstić information content (AvgIpc) is 2.55. The maximum absolute atomic E-state index is 12.2. The second kappa shape index (κ2) is 8.56. The van der Waals surface area contributed by atoms with E-state index in [1.54, 1.807) is 36.4 Å². The van der Waals surface area contributed by atoms with E-state index in [1.807, 2.05) is 13.0 Å². The van der Waals surface area contributed by atoms with Crippen molar-refractivity contribution in [3.05, 3.63) is 63.6 Å². The third-order valence-electron chi connectivity index (χ3n) is 2.95. The molecule has 0 heterocycles. The monoisotopic (exact) mass is 350 g/mol. The molecule has 2 aromatic rings. The maximum Gasteiger partial charge on any atom is 0.275 e. The first-order valence-corrected chi connectivity index (χ1v) is 7.88. The van der Waals surface area contributed by atoms with Crippen LogP contribution in [0.25, 0.3) is 0 Å². The minimum Gasteiger partial charge on any atom is -0.493 e. The van der Waals surface area contributed by atoms with E-state index in [9.17, 15) is 4.79 Å². The van der Waals surface area contributed by atoms with Crippen LogP contribution in [-0.4, -0.2) is 18.7 Å². The van der Waals surface area contributed by atoms with Crippen molar-refractivity contribution in [2.75, 3.05) is 6.61 Å². The Morgan fingerprint density at radius 2 is 1.87 bits per heavy atom. The van der Waals surface area contributed by atoms with Crippen molar-refractivity contribution < 1.29 is 9.53 Å². The van der Waals surface area contributed by atoms with Gasteiger partial charge in [0, 0.05) is 5.56 Å². The number of nitrogens with zero attached hydrogens (tertiary/aromatic N) is 1. The lowest BCUT2D eigenvalue weighted by Gasteiger charge is -2.09. The van der Waals surface area contributed by atoms with E-state index in [1.165, 1.54) is 6.21 Å². The van der Waals surface area contributed by atoms with Gasteiger partial charge in [0.05, 0.1) is 28.4 Å². The third kappa shape index (κ3) is 4.71. The first-order valence-electron chi connectivity index (χ1n) is 7.12. The van der Waals surface area contributed by atoms with Crippen LogP contribution in [0.15, 0.2) is 47.6 Å². The van der Waals surface area contributed by atoms with Crippen molar-refractivity contribution in [2.45, 2.75) is 13.3 Å². The lowest BCUT2D eigenvalue weighted by atomic mass is 10.2. The normalized spacial score (nSPS) is 10.7. The molecule has 0 saturated heterocycles. The number of hydrazone groups is 1. The molecule has 6 heteroatoms. The van der Waals surface area contributed by atoms with Crippen LogP contribution >= 0.6 is 23.2 Å². The molecule has 23 heavy (non-hydrogen) atoms. The Bertz CT molecular complexity index is 697. The fraction of sp³-hybridized carbons (Fsp3) is 0.176. The van der Waals surface area contributed by atoms with E-state index >= 15 is 0 Å². The molecule has 0 atom stereocenters. The number of hydrogen-bond donors (Lipinski definition) is 1. The third-order valence-corrected chi connectivity index (χ3v) is 3.61. The molecule has 1 amide bonds. The Morgan fingerprint density at radius 1 is 1.17 bits per heavy atom. The smallest absolute Gasteiger partial charge is 0.275 e. The highest BCUT2D eigenvalue weighted by Crippen LogP contribution is 2.22. The van der Waals surface area contributed by atoms with Crippen LogP contribution in [0.5, 0.6) is 5.75 Å². The van der Waals surface area contributed by atoms with Gasteiger partial charge in [-0.05, 0) is 30.7 Å². The van der Waals surface area contributed by atoms with Crippen LogP contribution in [0.4, 0.5) is 0 Å². The van der Waals surface area contributed by atoms with Gasteiger partial charge in [0.25, 0.3) is 5.91 Å². The first-order chi connectivity index (χ1) is 11.1. The Labute approximate surface area is 145 Å². The van der Waals surface area contributed by atoms with Crippen LogP contribution in [0.1, 0.15) is 29.3 Å². The fourth-order valence-electron chi connectivity index (χ4n) is 1.84. The SMILES string of the molecule is CCCOc1ccccc1C(=O)N/N=C/c1c(Cl)cccc1Cl. The van der Waals surface area contributed by atoms with Crippen molar-refractivity contribution in [3.8, 4) is 5.75 Å². The molecule has 0 unspecified atom stereocenters. The first kappa shape index (κ1) is 17.3. The van der Waals surface area contributed by atoms with Crippen LogP contribution in [-0.2, 0) is 0 Å². The zero-order valence-corrected chi connectivity index (χ0v) is 14.1. The van der Waals surface area contributed by atoms with E-state index in [-0.39, 0.29) is 5.91 Å². The van der Waals surface area contributed by atoms with Crippen molar-refractivity contribution in [1.29, 1.82) is 0 Å². The molecule has 0 spiro atoms. The summed E-state index contributed by atoms with van der Waals surface area (Å²) in [7, 11) is 0. The van der Waals surface area contributed by atoms with Crippen molar-refractivity contribution >= 4 is 35.3 Å². The van der Waals surface area contributed by atoms with Gasteiger partial charge in [-0.1, -0.05) is 48.3 Å². The van der Waals surface area contributed by atoms with Gasteiger partial charge in [0.1, 0.15) is 5.75 Å². The van der Waals surface area contributed by atoms with Gasteiger partial charge in [0.2, 0.25) is 0 Å². The van der Waals surface area contributed by atoms with Gasteiger partial charge >= 0.3 is 0 Å². The van der Waals surface area contributed by atoms with E-state index in [2.05, 4.69) is 10.5 Å².